The Labute approximate surface area is 147 Å². The van der Waals surface area contributed by atoms with E-state index in [9.17, 15) is 4.79 Å². The number of piperazine rings is 1. The van der Waals surface area contributed by atoms with Gasteiger partial charge in [0.05, 0.1) is 12.2 Å². The van der Waals surface area contributed by atoms with Crippen LogP contribution in [0.1, 0.15) is 24.1 Å². The molecule has 1 fully saturated rings. The molecule has 1 saturated heterocycles. The van der Waals surface area contributed by atoms with Crippen molar-refractivity contribution in [3.63, 3.8) is 0 Å². The van der Waals surface area contributed by atoms with Crippen LogP contribution in [0.15, 0.2) is 29.2 Å². The molecule has 2 aromatic heterocycles. The van der Waals surface area contributed by atoms with E-state index in [2.05, 4.69) is 31.2 Å². The van der Waals surface area contributed by atoms with Gasteiger partial charge >= 0.3 is 0 Å². The molecule has 0 unspecified atom stereocenters. The molecule has 1 aliphatic heterocycles. The molecule has 0 saturated carbocycles. The molecule has 0 radical (unpaired) electrons. The van der Waals surface area contributed by atoms with Crippen molar-refractivity contribution in [1.82, 2.24) is 24.9 Å². The predicted molar refractivity (Wildman–Crippen MR) is 95.8 cm³/mol. The van der Waals surface area contributed by atoms with Crippen LogP contribution in [0.5, 0.6) is 0 Å². The van der Waals surface area contributed by atoms with Gasteiger partial charge in [0.2, 0.25) is 0 Å². The average Bonchev–Trinajstić information content (AvgIpc) is 2.67. The first-order valence-electron chi connectivity index (χ1n) is 9.14. The summed E-state index contributed by atoms with van der Waals surface area (Å²) in [5, 5.41) is 13.0. The van der Waals surface area contributed by atoms with Crippen LogP contribution < -0.4 is 10.5 Å². The van der Waals surface area contributed by atoms with Crippen molar-refractivity contribution in [2.75, 3.05) is 37.6 Å². The molecule has 3 heterocycles. The van der Waals surface area contributed by atoms with Crippen LogP contribution in [0.25, 0.3) is 0 Å². The third kappa shape index (κ3) is 3.71. The third-order valence-electron chi connectivity index (χ3n) is 5.17. The summed E-state index contributed by atoms with van der Waals surface area (Å²) >= 11 is 0. The van der Waals surface area contributed by atoms with Crippen LogP contribution in [-0.4, -0.2) is 57.6 Å². The van der Waals surface area contributed by atoms with Crippen LogP contribution in [0.3, 0.4) is 0 Å². The molecule has 7 heteroatoms. The van der Waals surface area contributed by atoms with Gasteiger partial charge in [0.1, 0.15) is 0 Å². The van der Waals surface area contributed by atoms with Gasteiger partial charge in [-0.15, -0.1) is 5.10 Å². The van der Waals surface area contributed by atoms with Crippen LogP contribution >= 0.6 is 0 Å². The molecule has 0 spiro atoms. The van der Waals surface area contributed by atoms with Crippen LogP contribution in [0.4, 0.5) is 5.82 Å². The molecule has 0 aromatic carbocycles. The molecule has 1 aliphatic carbocycles. The Balaban J connectivity index is 1.32. The smallest absolute Gasteiger partial charge is 0.266 e. The topological polar surface area (TPSA) is 67.2 Å². The van der Waals surface area contributed by atoms with Crippen molar-refractivity contribution in [2.45, 2.75) is 32.2 Å². The summed E-state index contributed by atoms with van der Waals surface area (Å²) in [4.78, 5) is 16.4. The number of aryl methyl sites for hydroxylation is 2. The second-order valence-corrected chi connectivity index (χ2v) is 6.80. The first-order chi connectivity index (χ1) is 12.3. The molecule has 2 aliphatic rings. The summed E-state index contributed by atoms with van der Waals surface area (Å²) in [6, 6.07) is 5.47. The highest BCUT2D eigenvalue weighted by Crippen LogP contribution is 2.22. The lowest BCUT2D eigenvalue weighted by molar-refractivity contribution is 0.242. The summed E-state index contributed by atoms with van der Waals surface area (Å²) in [5.41, 5.74) is 2.54. The third-order valence-corrected chi connectivity index (χ3v) is 5.17. The Bertz CT molecular complexity index is 781. The van der Waals surface area contributed by atoms with Gasteiger partial charge in [0, 0.05) is 45.0 Å². The van der Waals surface area contributed by atoms with E-state index in [4.69, 9.17) is 0 Å². The minimum Gasteiger partial charge on any atom is -0.353 e. The highest BCUT2D eigenvalue weighted by molar-refractivity contribution is 5.42. The van der Waals surface area contributed by atoms with E-state index in [1.54, 1.807) is 18.3 Å². The van der Waals surface area contributed by atoms with Gasteiger partial charge in [-0.05, 0) is 43.4 Å². The second-order valence-electron chi connectivity index (χ2n) is 6.80. The summed E-state index contributed by atoms with van der Waals surface area (Å²) in [6.07, 6.45) is 6.37. The fourth-order valence-electron chi connectivity index (χ4n) is 3.63. The minimum atomic E-state index is -0.0366. The molecule has 4 rings (SSSR count). The Morgan fingerprint density at radius 1 is 1.00 bits per heavy atom. The average molecular weight is 340 g/mol. The highest BCUT2D eigenvalue weighted by Gasteiger charge is 2.20. The molecule has 0 bridgehead atoms. The van der Waals surface area contributed by atoms with E-state index in [1.165, 1.54) is 28.8 Å². The Hall–Kier alpha value is -2.28. The molecule has 7 nitrogen and oxygen atoms in total. The molecule has 2 aromatic rings. The van der Waals surface area contributed by atoms with E-state index in [-0.39, 0.29) is 5.56 Å². The quantitative estimate of drug-likeness (QED) is 0.818. The maximum Gasteiger partial charge on any atom is 0.266 e. The monoisotopic (exact) mass is 340 g/mol. The van der Waals surface area contributed by atoms with Crippen molar-refractivity contribution in [3.8, 4) is 0 Å². The first-order valence-corrected chi connectivity index (χ1v) is 9.14. The van der Waals surface area contributed by atoms with Crippen LogP contribution in [0.2, 0.25) is 0 Å². The summed E-state index contributed by atoms with van der Waals surface area (Å²) in [7, 11) is 0. The molecule has 0 N–H and O–H groups in total. The number of hydrogen-bond acceptors (Lipinski definition) is 6. The fraction of sp³-hybridized carbons (Fsp3) is 0.556. The zero-order valence-electron chi connectivity index (χ0n) is 14.5. The molecular formula is C18H24N6O. The lowest BCUT2D eigenvalue weighted by Gasteiger charge is -2.35. The standard InChI is InChI=1S/C18H24N6O/c25-18-6-3-7-19-24(18)13-10-22-8-11-23(12-9-22)17-14-15-4-1-2-5-16(15)20-21-17/h3,6-7,14H,1-2,4-5,8-13H2. The predicted octanol–water partition coefficient (Wildman–Crippen LogP) is 0.734. The van der Waals surface area contributed by atoms with Crippen molar-refractivity contribution < 1.29 is 0 Å². The van der Waals surface area contributed by atoms with Crippen molar-refractivity contribution in [3.05, 3.63) is 46.0 Å². The minimum absolute atomic E-state index is 0.0366. The van der Waals surface area contributed by atoms with Gasteiger partial charge in [-0.3, -0.25) is 9.69 Å². The molecule has 0 amide bonds. The Morgan fingerprint density at radius 3 is 2.68 bits per heavy atom. The Morgan fingerprint density at radius 2 is 1.84 bits per heavy atom. The maximum absolute atomic E-state index is 11.7. The van der Waals surface area contributed by atoms with Crippen molar-refractivity contribution >= 4 is 5.82 Å². The first kappa shape index (κ1) is 16.2. The van der Waals surface area contributed by atoms with Crippen molar-refractivity contribution in [2.24, 2.45) is 0 Å². The van der Waals surface area contributed by atoms with Gasteiger partial charge < -0.3 is 4.90 Å². The van der Waals surface area contributed by atoms with Crippen LogP contribution in [0, 0.1) is 0 Å². The van der Waals surface area contributed by atoms with E-state index < -0.39 is 0 Å². The van der Waals surface area contributed by atoms with Gasteiger partial charge in [0.25, 0.3) is 5.56 Å². The molecule has 132 valence electrons. The SMILES string of the molecule is O=c1cccnn1CCN1CCN(c2cc3c(nn2)CCCC3)CC1. The maximum atomic E-state index is 11.7. The lowest BCUT2D eigenvalue weighted by atomic mass is 9.97. The van der Waals surface area contributed by atoms with E-state index in [1.807, 2.05) is 0 Å². The molecule has 25 heavy (non-hydrogen) atoms. The van der Waals surface area contributed by atoms with E-state index >= 15 is 0 Å². The normalized spacial score (nSPS) is 18.2. The van der Waals surface area contributed by atoms with E-state index in [0.29, 0.717) is 6.54 Å². The number of anilines is 1. The van der Waals surface area contributed by atoms with Crippen LogP contribution in [-0.2, 0) is 19.4 Å². The van der Waals surface area contributed by atoms with Gasteiger partial charge in [0.15, 0.2) is 5.82 Å². The van der Waals surface area contributed by atoms with Gasteiger partial charge in [-0.25, -0.2) is 4.68 Å². The van der Waals surface area contributed by atoms with Gasteiger partial charge in [-0.1, -0.05) is 0 Å². The summed E-state index contributed by atoms with van der Waals surface area (Å²) in [5.74, 6) is 1.02. The van der Waals surface area contributed by atoms with E-state index in [0.717, 1.165) is 51.4 Å². The number of rotatable bonds is 4. The zero-order chi connectivity index (χ0) is 17.1. The molecular weight excluding hydrogens is 316 g/mol. The van der Waals surface area contributed by atoms with Crippen molar-refractivity contribution in [1.29, 1.82) is 0 Å². The summed E-state index contributed by atoms with van der Waals surface area (Å²) in [6.45, 7) is 5.33. The number of hydrogen-bond donors (Lipinski definition) is 0. The highest BCUT2D eigenvalue weighted by atomic mass is 16.1. The largest absolute Gasteiger partial charge is 0.353 e. The molecule has 0 atom stereocenters. The number of fused-ring (bicyclic) bond motifs is 1. The Kier molecular flexibility index (Phi) is 4.74. The lowest BCUT2D eigenvalue weighted by Crippen LogP contribution is -2.48. The fourth-order valence-corrected chi connectivity index (χ4v) is 3.63. The number of nitrogens with zero attached hydrogens (tertiary/aromatic N) is 6. The second kappa shape index (κ2) is 7.31. The zero-order valence-corrected chi connectivity index (χ0v) is 14.5. The van der Waals surface area contributed by atoms with Gasteiger partial charge in [-0.2, -0.15) is 10.2 Å². The number of aromatic nitrogens is 4. The summed E-state index contributed by atoms with van der Waals surface area (Å²) < 4.78 is 1.53.